The monoisotopic (exact) mass is 212 g/mol. The third kappa shape index (κ3) is 2.71. The minimum absolute atomic E-state index is 0.811. The molecule has 1 heterocycles. The molecule has 0 aromatic heterocycles. The molecule has 76 valence electrons. The highest BCUT2D eigenvalue weighted by Crippen LogP contribution is 2.08. The molecule has 1 aliphatic heterocycles. The highest BCUT2D eigenvalue weighted by atomic mass is 35.5. The Labute approximate surface area is 89.4 Å². The van der Waals surface area contributed by atoms with Gasteiger partial charge in [-0.1, -0.05) is 23.7 Å². The molecule has 14 heavy (non-hydrogen) atoms. The van der Waals surface area contributed by atoms with Crippen molar-refractivity contribution in [2.75, 3.05) is 26.3 Å². The molecule has 0 radical (unpaired) electrons. The topological polar surface area (TPSA) is 13.7 Å². The Hall–Kier alpha value is -0.570. The fraction of sp³-hybridized carbons (Fsp3) is 0.455. The van der Waals surface area contributed by atoms with Crippen LogP contribution in [0.1, 0.15) is 5.56 Å². The van der Waals surface area contributed by atoms with E-state index in [0.29, 0.717) is 0 Å². The van der Waals surface area contributed by atoms with Crippen molar-refractivity contribution in [2.24, 2.45) is 0 Å². The van der Waals surface area contributed by atoms with Crippen LogP contribution in [0.4, 0.5) is 0 Å². The SMILES string of the molecule is Clc1ccc(C[NH+]2CCOCC2)cc1. The number of nitrogens with one attached hydrogen (secondary N) is 1. The molecule has 0 unspecified atom stereocenters. The zero-order valence-electron chi connectivity index (χ0n) is 8.13. The second-order valence-corrected chi connectivity index (χ2v) is 4.10. The van der Waals surface area contributed by atoms with Gasteiger partial charge in [0.1, 0.15) is 19.6 Å². The number of ether oxygens (including phenoxy) is 1. The minimum atomic E-state index is 0.811. The lowest BCUT2D eigenvalue weighted by molar-refractivity contribution is -0.921. The normalized spacial score (nSPS) is 18.4. The van der Waals surface area contributed by atoms with Crippen LogP contribution in [-0.2, 0) is 11.3 Å². The van der Waals surface area contributed by atoms with Crippen LogP contribution in [0.15, 0.2) is 24.3 Å². The van der Waals surface area contributed by atoms with Crippen LogP contribution in [0, 0.1) is 0 Å². The third-order valence-electron chi connectivity index (χ3n) is 2.57. The van der Waals surface area contributed by atoms with Gasteiger partial charge in [0, 0.05) is 10.6 Å². The zero-order valence-corrected chi connectivity index (χ0v) is 8.89. The van der Waals surface area contributed by atoms with E-state index in [9.17, 15) is 0 Å². The molecule has 2 rings (SSSR count). The van der Waals surface area contributed by atoms with Gasteiger partial charge in [0.05, 0.1) is 13.2 Å². The summed E-state index contributed by atoms with van der Waals surface area (Å²) in [5, 5.41) is 0.811. The largest absolute Gasteiger partial charge is 0.370 e. The number of hydrogen-bond acceptors (Lipinski definition) is 1. The molecule has 0 atom stereocenters. The zero-order chi connectivity index (χ0) is 9.80. The van der Waals surface area contributed by atoms with Gasteiger partial charge in [-0.3, -0.25) is 0 Å². The minimum Gasteiger partial charge on any atom is -0.370 e. The van der Waals surface area contributed by atoms with Crippen molar-refractivity contribution < 1.29 is 9.64 Å². The number of hydrogen-bond donors (Lipinski definition) is 1. The Balaban J connectivity index is 1.92. The lowest BCUT2D eigenvalue weighted by Crippen LogP contribution is -3.12. The van der Waals surface area contributed by atoms with Crippen molar-refractivity contribution in [2.45, 2.75) is 6.54 Å². The maximum Gasteiger partial charge on any atom is 0.103 e. The first-order valence-electron chi connectivity index (χ1n) is 5.00. The van der Waals surface area contributed by atoms with E-state index in [4.69, 9.17) is 16.3 Å². The summed E-state index contributed by atoms with van der Waals surface area (Å²) >= 11 is 5.83. The van der Waals surface area contributed by atoms with Gasteiger partial charge in [0.15, 0.2) is 0 Å². The summed E-state index contributed by atoms with van der Waals surface area (Å²) in [4.78, 5) is 1.60. The standard InChI is InChI=1S/C11H14ClNO/c12-11-3-1-10(2-4-11)9-13-5-7-14-8-6-13/h1-4H,5-9H2/p+1. The molecular formula is C11H15ClNO+. The predicted molar refractivity (Wildman–Crippen MR) is 56.7 cm³/mol. The fourth-order valence-corrected chi connectivity index (χ4v) is 1.85. The second kappa shape index (κ2) is 4.78. The lowest BCUT2D eigenvalue weighted by atomic mass is 10.2. The van der Waals surface area contributed by atoms with E-state index >= 15 is 0 Å². The summed E-state index contributed by atoms with van der Waals surface area (Å²) in [5.74, 6) is 0. The van der Waals surface area contributed by atoms with Crippen LogP contribution in [0.2, 0.25) is 5.02 Å². The van der Waals surface area contributed by atoms with Crippen LogP contribution in [0.3, 0.4) is 0 Å². The van der Waals surface area contributed by atoms with Gasteiger partial charge in [0.2, 0.25) is 0 Å². The molecule has 1 aromatic rings. The summed E-state index contributed by atoms with van der Waals surface area (Å²) < 4.78 is 5.31. The third-order valence-corrected chi connectivity index (χ3v) is 2.82. The molecule has 1 aromatic carbocycles. The maximum atomic E-state index is 5.83. The summed E-state index contributed by atoms with van der Waals surface area (Å²) in [7, 11) is 0. The molecule has 1 aliphatic rings. The smallest absolute Gasteiger partial charge is 0.103 e. The Bertz CT molecular complexity index is 280. The molecule has 0 saturated carbocycles. The summed E-state index contributed by atoms with van der Waals surface area (Å²) in [6, 6.07) is 8.11. The van der Waals surface area contributed by atoms with Crippen molar-refractivity contribution in [3.05, 3.63) is 34.9 Å². The van der Waals surface area contributed by atoms with Crippen molar-refractivity contribution in [1.29, 1.82) is 0 Å². The van der Waals surface area contributed by atoms with Gasteiger partial charge in [-0.05, 0) is 12.1 Å². The molecule has 1 N–H and O–H groups in total. The summed E-state index contributed by atoms with van der Waals surface area (Å²) in [6.07, 6.45) is 0. The molecule has 0 spiro atoms. The molecule has 0 amide bonds. The highest BCUT2D eigenvalue weighted by Gasteiger charge is 2.13. The van der Waals surface area contributed by atoms with Crippen LogP contribution in [0.25, 0.3) is 0 Å². The molecule has 1 fully saturated rings. The predicted octanol–water partition coefficient (Wildman–Crippen LogP) is 0.755. The van der Waals surface area contributed by atoms with Gasteiger partial charge < -0.3 is 9.64 Å². The fourth-order valence-electron chi connectivity index (χ4n) is 1.73. The van der Waals surface area contributed by atoms with Gasteiger partial charge in [0.25, 0.3) is 0 Å². The summed E-state index contributed by atoms with van der Waals surface area (Å²) in [6.45, 7) is 5.09. The van der Waals surface area contributed by atoms with E-state index in [0.717, 1.165) is 37.9 Å². The van der Waals surface area contributed by atoms with E-state index in [-0.39, 0.29) is 0 Å². The van der Waals surface area contributed by atoms with Crippen LogP contribution >= 0.6 is 11.6 Å². The molecule has 1 saturated heterocycles. The van der Waals surface area contributed by atoms with Crippen LogP contribution in [0.5, 0.6) is 0 Å². The van der Waals surface area contributed by atoms with Gasteiger partial charge in [-0.2, -0.15) is 0 Å². The number of quaternary nitrogens is 1. The molecule has 0 bridgehead atoms. The van der Waals surface area contributed by atoms with Crippen LogP contribution < -0.4 is 4.90 Å². The van der Waals surface area contributed by atoms with E-state index in [1.54, 1.807) is 4.90 Å². The number of halogens is 1. The van der Waals surface area contributed by atoms with E-state index in [2.05, 4.69) is 12.1 Å². The molecular weight excluding hydrogens is 198 g/mol. The molecule has 3 heteroatoms. The first kappa shape index (κ1) is 9.97. The van der Waals surface area contributed by atoms with Gasteiger partial charge in [-0.25, -0.2) is 0 Å². The summed E-state index contributed by atoms with van der Waals surface area (Å²) in [5.41, 5.74) is 1.35. The Morgan fingerprint density at radius 1 is 1.14 bits per heavy atom. The van der Waals surface area contributed by atoms with Crippen LogP contribution in [-0.4, -0.2) is 26.3 Å². The Kier molecular flexibility index (Phi) is 3.40. The van der Waals surface area contributed by atoms with E-state index in [1.807, 2.05) is 12.1 Å². The number of morpholine rings is 1. The highest BCUT2D eigenvalue weighted by molar-refractivity contribution is 6.30. The second-order valence-electron chi connectivity index (χ2n) is 3.67. The Morgan fingerprint density at radius 2 is 1.79 bits per heavy atom. The van der Waals surface area contributed by atoms with Crippen molar-refractivity contribution >= 4 is 11.6 Å². The average molecular weight is 213 g/mol. The van der Waals surface area contributed by atoms with Crippen molar-refractivity contribution in [3.8, 4) is 0 Å². The first-order valence-corrected chi connectivity index (χ1v) is 5.38. The van der Waals surface area contributed by atoms with Crippen molar-refractivity contribution in [1.82, 2.24) is 0 Å². The molecule has 2 nitrogen and oxygen atoms in total. The number of rotatable bonds is 2. The van der Waals surface area contributed by atoms with Crippen molar-refractivity contribution in [3.63, 3.8) is 0 Å². The lowest BCUT2D eigenvalue weighted by Gasteiger charge is -2.23. The number of benzene rings is 1. The van der Waals surface area contributed by atoms with E-state index in [1.165, 1.54) is 5.56 Å². The van der Waals surface area contributed by atoms with E-state index < -0.39 is 0 Å². The van der Waals surface area contributed by atoms with Gasteiger partial charge in [-0.15, -0.1) is 0 Å². The Morgan fingerprint density at radius 3 is 2.43 bits per heavy atom. The molecule has 0 aliphatic carbocycles. The first-order chi connectivity index (χ1) is 6.84. The quantitative estimate of drug-likeness (QED) is 0.764. The maximum absolute atomic E-state index is 5.83. The average Bonchev–Trinajstić information content (AvgIpc) is 2.23. The van der Waals surface area contributed by atoms with Gasteiger partial charge >= 0.3 is 0 Å².